The summed E-state index contributed by atoms with van der Waals surface area (Å²) in [7, 11) is 0. The van der Waals surface area contributed by atoms with Crippen molar-refractivity contribution in [2.45, 2.75) is 38.0 Å². The van der Waals surface area contributed by atoms with Crippen molar-refractivity contribution < 1.29 is 23.1 Å². The van der Waals surface area contributed by atoms with Crippen molar-refractivity contribution in [1.29, 1.82) is 0 Å². The van der Waals surface area contributed by atoms with Crippen LogP contribution in [0, 0.1) is 25.5 Å². The molecule has 4 aromatic rings. The monoisotopic (exact) mass is 602 g/mol. The first-order chi connectivity index (χ1) is 20.8. The molecule has 3 heterocycles. The highest BCUT2D eigenvalue weighted by atomic mass is 32.2. The van der Waals surface area contributed by atoms with E-state index in [1.54, 1.807) is 4.68 Å². The van der Waals surface area contributed by atoms with Crippen molar-refractivity contribution in [2.75, 3.05) is 30.3 Å². The van der Waals surface area contributed by atoms with Crippen molar-refractivity contribution in [2.24, 2.45) is 0 Å². The molecule has 1 N–H and O–H groups in total. The molecule has 7 nitrogen and oxygen atoms in total. The molecule has 2 aliphatic heterocycles. The van der Waals surface area contributed by atoms with E-state index in [1.165, 1.54) is 28.8 Å². The van der Waals surface area contributed by atoms with Gasteiger partial charge in [0.15, 0.2) is 0 Å². The molecule has 0 unspecified atom stereocenters. The molecule has 6 rings (SSSR count). The summed E-state index contributed by atoms with van der Waals surface area (Å²) < 4.78 is 36.8. The average Bonchev–Trinajstić information content (AvgIpc) is 3.62. The van der Waals surface area contributed by atoms with Crippen molar-refractivity contribution in [3.63, 3.8) is 0 Å². The summed E-state index contributed by atoms with van der Waals surface area (Å²) in [4.78, 5) is 28.6. The lowest BCUT2D eigenvalue weighted by molar-refractivity contribution is -0.123. The van der Waals surface area contributed by atoms with Crippen LogP contribution in [0.1, 0.15) is 40.3 Å². The van der Waals surface area contributed by atoms with Gasteiger partial charge >= 0.3 is 0 Å². The highest BCUT2D eigenvalue weighted by Gasteiger charge is 2.39. The number of amides is 2. The zero-order valence-electron chi connectivity index (χ0n) is 24.0. The predicted octanol–water partition coefficient (Wildman–Crippen LogP) is 5.90. The Morgan fingerprint density at radius 1 is 1.09 bits per heavy atom. The minimum atomic E-state index is -0.711. The first-order valence-electron chi connectivity index (χ1n) is 14.3. The van der Waals surface area contributed by atoms with Crippen LogP contribution in [-0.4, -0.2) is 53.1 Å². The SMILES string of the molecule is Cc1ccc(-n2nc(-c3ccccc3)c3c2N(CC(=O)NC[C@H]2CCCO2)C(=O)CS[C@@H]3c2ccc(F)cc2F)c(C)c1. The van der Waals surface area contributed by atoms with Crippen molar-refractivity contribution in [3.05, 3.63) is 101 Å². The molecular weight excluding hydrogens is 570 g/mol. The van der Waals surface area contributed by atoms with Gasteiger partial charge in [0.25, 0.3) is 0 Å². The smallest absolute Gasteiger partial charge is 0.240 e. The Kier molecular flexibility index (Phi) is 8.32. The standard InChI is InChI=1S/C33H32F2N4O3S/c1-20-10-13-27(21(2)15-20)39-33-30(31(37-39)22-7-4-3-5-8-22)32(25-12-11-23(34)16-26(25)35)43-19-29(41)38(33)18-28(40)36-17-24-9-6-14-42-24/h3-5,7-8,10-13,15-16,24,32H,6,9,14,17-19H2,1-2H3,(H,36,40)/t24-,32-/m1/s1. The van der Waals surface area contributed by atoms with Gasteiger partial charge in [-0.05, 0) is 44.4 Å². The topological polar surface area (TPSA) is 76.5 Å². The number of anilines is 1. The molecule has 1 aromatic heterocycles. The van der Waals surface area contributed by atoms with E-state index in [0.29, 0.717) is 30.2 Å². The molecule has 2 atom stereocenters. The minimum absolute atomic E-state index is 0.0176. The Morgan fingerprint density at radius 3 is 2.63 bits per heavy atom. The molecule has 0 spiro atoms. The maximum Gasteiger partial charge on any atom is 0.240 e. The lowest BCUT2D eigenvalue weighted by Gasteiger charge is -2.24. The second-order valence-corrected chi connectivity index (χ2v) is 12.0. The number of hydrogen-bond acceptors (Lipinski definition) is 5. The van der Waals surface area contributed by atoms with Crippen LogP contribution in [0.25, 0.3) is 16.9 Å². The number of fused-ring (bicyclic) bond motifs is 1. The number of hydrogen-bond donors (Lipinski definition) is 1. The van der Waals surface area contributed by atoms with Crippen LogP contribution in [0.3, 0.4) is 0 Å². The van der Waals surface area contributed by atoms with Crippen LogP contribution in [0.15, 0.2) is 66.7 Å². The minimum Gasteiger partial charge on any atom is -0.376 e. The van der Waals surface area contributed by atoms with Crippen molar-refractivity contribution in [1.82, 2.24) is 15.1 Å². The molecule has 0 bridgehead atoms. The summed E-state index contributed by atoms with van der Waals surface area (Å²) in [6, 6.07) is 18.9. The van der Waals surface area contributed by atoms with E-state index in [9.17, 15) is 14.0 Å². The predicted molar refractivity (Wildman–Crippen MR) is 163 cm³/mol. The maximum atomic E-state index is 15.4. The summed E-state index contributed by atoms with van der Waals surface area (Å²) in [5, 5.41) is 7.27. The van der Waals surface area contributed by atoms with Crippen LogP contribution in [-0.2, 0) is 14.3 Å². The van der Waals surface area contributed by atoms with Crippen LogP contribution < -0.4 is 10.2 Å². The molecule has 43 heavy (non-hydrogen) atoms. The van der Waals surface area contributed by atoms with Gasteiger partial charge in [0, 0.05) is 35.9 Å². The number of thioether (sulfide) groups is 1. The number of carbonyl (C=O) groups excluding carboxylic acids is 2. The normalized spacial score (nSPS) is 18.4. The number of rotatable bonds is 7. The van der Waals surface area contributed by atoms with Gasteiger partial charge in [0.1, 0.15) is 24.0 Å². The molecule has 2 amide bonds. The third-order valence-electron chi connectivity index (χ3n) is 7.81. The molecule has 2 aliphatic rings. The molecule has 1 fully saturated rings. The number of ether oxygens (including phenoxy) is 1. The van der Waals surface area contributed by atoms with Crippen LogP contribution >= 0.6 is 11.8 Å². The molecule has 1 saturated heterocycles. The summed E-state index contributed by atoms with van der Waals surface area (Å²) in [6.07, 6.45) is 1.77. The molecule has 0 aliphatic carbocycles. The van der Waals surface area contributed by atoms with E-state index in [4.69, 9.17) is 9.84 Å². The second kappa shape index (κ2) is 12.3. The Balaban J connectivity index is 1.55. The van der Waals surface area contributed by atoms with Gasteiger partial charge in [-0.25, -0.2) is 13.5 Å². The van der Waals surface area contributed by atoms with E-state index in [2.05, 4.69) is 5.32 Å². The number of aromatic nitrogens is 2. The molecule has 10 heteroatoms. The molecule has 222 valence electrons. The number of aryl methyl sites for hydroxylation is 2. The Labute approximate surface area is 253 Å². The van der Waals surface area contributed by atoms with Gasteiger partial charge in [-0.15, -0.1) is 11.8 Å². The lowest BCUT2D eigenvalue weighted by atomic mass is 9.99. The Bertz CT molecular complexity index is 1670. The van der Waals surface area contributed by atoms with Gasteiger partial charge in [-0.3, -0.25) is 14.5 Å². The average molecular weight is 603 g/mol. The summed E-state index contributed by atoms with van der Waals surface area (Å²) in [6.45, 7) is 4.74. The third kappa shape index (κ3) is 5.94. The fourth-order valence-corrected chi connectivity index (χ4v) is 6.95. The van der Waals surface area contributed by atoms with Gasteiger partial charge in [-0.1, -0.05) is 54.1 Å². The highest BCUT2D eigenvalue weighted by molar-refractivity contribution is 8.00. The Morgan fingerprint density at radius 2 is 1.91 bits per heavy atom. The van der Waals surface area contributed by atoms with Crippen molar-refractivity contribution in [3.8, 4) is 16.9 Å². The first-order valence-corrected chi connectivity index (χ1v) is 15.4. The van der Waals surface area contributed by atoms with Gasteiger partial charge in [-0.2, -0.15) is 5.10 Å². The van der Waals surface area contributed by atoms with Crippen LogP contribution in [0.2, 0.25) is 0 Å². The van der Waals surface area contributed by atoms with E-state index >= 15 is 4.39 Å². The summed E-state index contributed by atoms with van der Waals surface area (Å²) in [5.74, 6) is -1.67. The van der Waals surface area contributed by atoms with Crippen LogP contribution in [0.5, 0.6) is 0 Å². The molecule has 0 radical (unpaired) electrons. The fraction of sp³-hybridized carbons (Fsp3) is 0.303. The van der Waals surface area contributed by atoms with E-state index < -0.39 is 16.9 Å². The quantitative estimate of drug-likeness (QED) is 0.285. The fourth-order valence-electron chi connectivity index (χ4n) is 5.73. The van der Waals surface area contributed by atoms with Gasteiger partial charge in [0.2, 0.25) is 11.8 Å². The number of benzene rings is 3. The van der Waals surface area contributed by atoms with Crippen LogP contribution in [0.4, 0.5) is 14.6 Å². The zero-order chi connectivity index (χ0) is 30.1. The molecule has 0 saturated carbocycles. The number of carbonyl (C=O) groups is 2. The zero-order valence-corrected chi connectivity index (χ0v) is 24.8. The number of halogens is 2. The van der Waals surface area contributed by atoms with Crippen molar-refractivity contribution >= 4 is 29.4 Å². The third-order valence-corrected chi connectivity index (χ3v) is 9.05. The largest absolute Gasteiger partial charge is 0.376 e. The summed E-state index contributed by atoms with van der Waals surface area (Å²) >= 11 is 1.24. The molecule has 3 aromatic carbocycles. The van der Waals surface area contributed by atoms with Gasteiger partial charge < -0.3 is 10.1 Å². The Hall–Kier alpha value is -4.02. The van der Waals surface area contributed by atoms with E-state index in [0.717, 1.165) is 41.3 Å². The first kappa shape index (κ1) is 29.1. The van der Waals surface area contributed by atoms with E-state index in [-0.39, 0.29) is 35.8 Å². The summed E-state index contributed by atoms with van der Waals surface area (Å²) in [5.41, 5.74) is 4.85. The number of nitrogens with one attached hydrogen (secondary N) is 1. The van der Waals surface area contributed by atoms with E-state index in [1.807, 2.05) is 62.4 Å². The second-order valence-electron chi connectivity index (χ2n) is 10.9. The maximum absolute atomic E-state index is 15.4. The lowest BCUT2D eigenvalue weighted by Crippen LogP contribution is -2.44. The molecular formula is C33H32F2N4O3S. The highest BCUT2D eigenvalue weighted by Crippen LogP contribution is 2.49. The number of nitrogens with zero attached hydrogens (tertiary/aromatic N) is 3. The van der Waals surface area contributed by atoms with Gasteiger partial charge in [0.05, 0.1) is 28.5 Å².